The van der Waals surface area contributed by atoms with E-state index in [1.165, 1.54) is 10.9 Å². The van der Waals surface area contributed by atoms with Gasteiger partial charge in [0.2, 0.25) is 5.79 Å². The van der Waals surface area contributed by atoms with Gasteiger partial charge in [-0.1, -0.05) is 59.7 Å². The van der Waals surface area contributed by atoms with Crippen molar-refractivity contribution in [3.8, 4) is 17.0 Å². The second-order valence-corrected chi connectivity index (χ2v) is 14.1. The van der Waals surface area contributed by atoms with Crippen molar-refractivity contribution in [2.75, 3.05) is 0 Å². The SMILES string of the molecule is Cn1c(-c2ccc(OC(C)(C)CC(C)(O)OC(=O)C(C)(CC(C)(C)C)C(C)(C)C)cc2)cc2ccccc21. The first-order chi connectivity index (χ1) is 17.2. The number of aliphatic hydroxyl groups is 1. The van der Waals surface area contributed by atoms with E-state index in [1.54, 1.807) is 6.92 Å². The molecule has 38 heavy (non-hydrogen) atoms. The standard InChI is InChI=1S/C33H47NO4/c1-29(2,3)21-32(9,30(4,5)6)28(35)38-33(10,36)22-31(7,8)37-25-18-16-23(17-19-25)27-20-24-14-12-13-15-26(24)34(27)11/h12-20,36H,21-22H2,1-11H3. The molecule has 5 heteroatoms. The summed E-state index contributed by atoms with van der Waals surface area (Å²) in [5.74, 6) is -1.39. The zero-order valence-electron chi connectivity index (χ0n) is 25.2. The van der Waals surface area contributed by atoms with Gasteiger partial charge in [0.25, 0.3) is 0 Å². The van der Waals surface area contributed by atoms with Crippen LogP contribution in [0, 0.1) is 16.2 Å². The number of fused-ring (bicyclic) bond motifs is 1. The fraction of sp³-hybridized carbons (Fsp3) is 0.545. The highest BCUT2D eigenvalue weighted by Crippen LogP contribution is 2.48. The van der Waals surface area contributed by atoms with Crippen LogP contribution in [0.2, 0.25) is 0 Å². The molecule has 0 saturated carbocycles. The molecule has 1 N–H and O–H groups in total. The highest BCUT2D eigenvalue weighted by Gasteiger charge is 2.50. The topological polar surface area (TPSA) is 60.7 Å². The number of carbonyl (C=O) groups excluding carboxylic acids is 1. The normalized spacial score (nSPS) is 16.1. The fourth-order valence-electron chi connectivity index (χ4n) is 5.46. The molecule has 2 unspecified atom stereocenters. The quantitative estimate of drug-likeness (QED) is 0.240. The number of carbonyl (C=O) groups is 1. The molecule has 3 rings (SSSR count). The molecule has 0 saturated heterocycles. The Morgan fingerprint density at radius 1 is 0.842 bits per heavy atom. The van der Waals surface area contributed by atoms with Gasteiger partial charge in [0, 0.05) is 30.6 Å². The first-order valence-electron chi connectivity index (χ1n) is 13.5. The minimum Gasteiger partial charge on any atom is -0.488 e. The average molecular weight is 522 g/mol. The van der Waals surface area contributed by atoms with Gasteiger partial charge >= 0.3 is 5.97 Å². The lowest BCUT2D eigenvalue weighted by molar-refractivity contribution is -0.230. The Labute approximate surface area is 229 Å². The van der Waals surface area contributed by atoms with Gasteiger partial charge in [-0.25, -0.2) is 0 Å². The van der Waals surface area contributed by atoms with Crippen molar-refractivity contribution in [1.29, 1.82) is 0 Å². The van der Waals surface area contributed by atoms with Crippen LogP contribution in [0.25, 0.3) is 22.2 Å². The van der Waals surface area contributed by atoms with E-state index in [9.17, 15) is 9.90 Å². The van der Waals surface area contributed by atoms with Crippen molar-refractivity contribution < 1.29 is 19.4 Å². The van der Waals surface area contributed by atoms with Crippen molar-refractivity contribution in [2.24, 2.45) is 23.3 Å². The van der Waals surface area contributed by atoms with Crippen LogP contribution in [0.3, 0.4) is 0 Å². The molecule has 5 nitrogen and oxygen atoms in total. The predicted octanol–water partition coefficient (Wildman–Crippen LogP) is 8.13. The van der Waals surface area contributed by atoms with Crippen LogP contribution in [0.4, 0.5) is 0 Å². The minimum atomic E-state index is -1.69. The fourth-order valence-corrected chi connectivity index (χ4v) is 5.46. The van der Waals surface area contributed by atoms with E-state index >= 15 is 0 Å². The van der Waals surface area contributed by atoms with Crippen molar-refractivity contribution in [3.05, 3.63) is 54.6 Å². The zero-order chi connectivity index (χ0) is 28.7. The number of aryl methyl sites for hydroxylation is 1. The van der Waals surface area contributed by atoms with Crippen molar-refractivity contribution in [1.82, 2.24) is 4.57 Å². The molecule has 0 spiro atoms. The van der Waals surface area contributed by atoms with Gasteiger partial charge in [-0.15, -0.1) is 0 Å². The highest BCUT2D eigenvalue weighted by molar-refractivity contribution is 5.87. The summed E-state index contributed by atoms with van der Waals surface area (Å²) in [4.78, 5) is 13.5. The average Bonchev–Trinajstić information content (AvgIpc) is 3.07. The van der Waals surface area contributed by atoms with Crippen LogP contribution in [-0.2, 0) is 16.6 Å². The number of benzene rings is 2. The van der Waals surface area contributed by atoms with Gasteiger partial charge in [-0.2, -0.15) is 0 Å². The second-order valence-electron chi connectivity index (χ2n) is 14.1. The van der Waals surface area contributed by atoms with Crippen LogP contribution in [0.5, 0.6) is 5.75 Å². The molecule has 0 fully saturated rings. The molecule has 0 aliphatic rings. The van der Waals surface area contributed by atoms with Gasteiger partial charge in [-0.3, -0.25) is 4.79 Å². The lowest BCUT2D eigenvalue weighted by atomic mass is 9.61. The molecule has 0 amide bonds. The van der Waals surface area contributed by atoms with E-state index in [0.29, 0.717) is 12.2 Å². The van der Waals surface area contributed by atoms with E-state index in [4.69, 9.17) is 9.47 Å². The molecule has 0 radical (unpaired) electrons. The third-order valence-corrected chi connectivity index (χ3v) is 7.55. The molecule has 3 aromatic rings. The molecular formula is C33H47NO4. The van der Waals surface area contributed by atoms with Crippen molar-refractivity contribution >= 4 is 16.9 Å². The number of hydrogen-bond acceptors (Lipinski definition) is 4. The maximum absolute atomic E-state index is 13.5. The number of para-hydroxylation sites is 1. The molecule has 0 aliphatic heterocycles. The minimum absolute atomic E-state index is 0.0758. The summed E-state index contributed by atoms with van der Waals surface area (Å²) >= 11 is 0. The van der Waals surface area contributed by atoms with Crippen LogP contribution in [-0.4, -0.2) is 27.0 Å². The summed E-state index contributed by atoms with van der Waals surface area (Å²) in [6.07, 6.45) is 0.758. The van der Waals surface area contributed by atoms with Crippen LogP contribution >= 0.6 is 0 Å². The van der Waals surface area contributed by atoms with E-state index in [0.717, 1.165) is 11.3 Å². The van der Waals surface area contributed by atoms with Crippen LogP contribution in [0.15, 0.2) is 54.6 Å². The van der Waals surface area contributed by atoms with Gasteiger partial charge in [0.1, 0.15) is 11.4 Å². The maximum Gasteiger partial charge on any atom is 0.314 e. The third kappa shape index (κ3) is 6.79. The van der Waals surface area contributed by atoms with Crippen molar-refractivity contribution in [2.45, 2.75) is 93.5 Å². The third-order valence-electron chi connectivity index (χ3n) is 7.55. The zero-order valence-corrected chi connectivity index (χ0v) is 25.2. The lowest BCUT2D eigenvalue weighted by Gasteiger charge is -2.45. The van der Waals surface area contributed by atoms with Crippen LogP contribution < -0.4 is 4.74 Å². The van der Waals surface area contributed by atoms with E-state index in [2.05, 4.69) is 50.6 Å². The second kappa shape index (κ2) is 10.1. The molecular weight excluding hydrogens is 474 g/mol. The Morgan fingerprint density at radius 2 is 1.42 bits per heavy atom. The van der Waals surface area contributed by atoms with Crippen LogP contribution in [0.1, 0.15) is 82.1 Å². The monoisotopic (exact) mass is 521 g/mol. The van der Waals surface area contributed by atoms with Gasteiger partial charge in [0.15, 0.2) is 0 Å². The Balaban J connectivity index is 1.72. The van der Waals surface area contributed by atoms with Gasteiger partial charge in [-0.05, 0) is 80.0 Å². The predicted molar refractivity (Wildman–Crippen MR) is 156 cm³/mol. The number of rotatable bonds is 8. The summed E-state index contributed by atoms with van der Waals surface area (Å²) < 4.78 is 14.3. The molecule has 2 atom stereocenters. The summed E-state index contributed by atoms with van der Waals surface area (Å²) in [7, 11) is 2.07. The number of esters is 1. The van der Waals surface area contributed by atoms with E-state index < -0.39 is 16.8 Å². The first kappa shape index (κ1) is 29.8. The number of nitrogens with zero attached hydrogens (tertiary/aromatic N) is 1. The Bertz CT molecular complexity index is 1270. The largest absolute Gasteiger partial charge is 0.488 e. The number of aromatic nitrogens is 1. The van der Waals surface area contributed by atoms with E-state index in [-0.39, 0.29) is 23.2 Å². The lowest BCUT2D eigenvalue weighted by Crippen LogP contribution is -2.49. The Morgan fingerprint density at radius 3 is 1.95 bits per heavy atom. The molecule has 2 aromatic carbocycles. The Hall–Kier alpha value is -2.79. The number of ether oxygens (including phenoxy) is 2. The van der Waals surface area contributed by atoms with Gasteiger partial charge < -0.3 is 19.1 Å². The van der Waals surface area contributed by atoms with Gasteiger partial charge in [0.05, 0.1) is 11.8 Å². The summed E-state index contributed by atoms with van der Waals surface area (Å²) in [5, 5.41) is 12.4. The summed E-state index contributed by atoms with van der Waals surface area (Å²) in [6, 6.07) is 18.5. The smallest absolute Gasteiger partial charge is 0.314 e. The molecule has 1 heterocycles. The van der Waals surface area contributed by atoms with E-state index in [1.807, 2.05) is 77.9 Å². The van der Waals surface area contributed by atoms with Crippen molar-refractivity contribution in [3.63, 3.8) is 0 Å². The molecule has 1 aromatic heterocycles. The maximum atomic E-state index is 13.5. The Kier molecular flexibility index (Phi) is 7.89. The number of hydrogen-bond donors (Lipinski definition) is 1. The molecule has 0 bridgehead atoms. The highest BCUT2D eigenvalue weighted by atomic mass is 16.7. The summed E-state index contributed by atoms with van der Waals surface area (Å²) in [6.45, 7) is 19.8. The first-order valence-corrected chi connectivity index (χ1v) is 13.5. The molecule has 208 valence electrons. The molecule has 0 aliphatic carbocycles. The summed E-state index contributed by atoms with van der Waals surface area (Å²) in [5.41, 5.74) is 1.44.